The van der Waals surface area contributed by atoms with Crippen LogP contribution in [0.15, 0.2) is 12.1 Å². The largest absolute Gasteiger partial charge is 0.416 e. The number of imidazole rings is 1. The van der Waals surface area contributed by atoms with Crippen LogP contribution in [0, 0.1) is 11.7 Å². The van der Waals surface area contributed by atoms with Gasteiger partial charge in [0.2, 0.25) is 0 Å². The second-order valence-electron chi connectivity index (χ2n) is 3.24. The normalized spacial score (nSPS) is 12.3. The fourth-order valence-corrected chi connectivity index (χ4v) is 1.76. The number of alkyl halides is 3. The van der Waals surface area contributed by atoms with E-state index < -0.39 is 11.7 Å². The summed E-state index contributed by atoms with van der Waals surface area (Å²) < 4.78 is 37.9. The van der Waals surface area contributed by atoms with Crippen molar-refractivity contribution < 1.29 is 13.2 Å². The molecule has 0 radical (unpaired) electrons. The lowest BCUT2D eigenvalue weighted by Gasteiger charge is -2.09. The van der Waals surface area contributed by atoms with Gasteiger partial charge in [-0.2, -0.15) is 13.2 Å². The minimum Gasteiger partial charge on any atom is -0.331 e. The summed E-state index contributed by atoms with van der Waals surface area (Å²) in [5.74, 6) is 0. The number of hydrogen-bond acceptors (Lipinski definition) is 1. The summed E-state index contributed by atoms with van der Waals surface area (Å²) >= 11 is 4.82. The second-order valence-corrected chi connectivity index (χ2v) is 3.65. The van der Waals surface area contributed by atoms with Crippen molar-refractivity contribution in [2.24, 2.45) is 0 Å². The molecule has 0 aliphatic rings. The Morgan fingerprint density at radius 1 is 1.20 bits per heavy atom. The van der Waals surface area contributed by atoms with Crippen molar-refractivity contribution in [3.8, 4) is 0 Å². The van der Waals surface area contributed by atoms with Crippen LogP contribution in [0.5, 0.6) is 0 Å². The Kier molecular flexibility index (Phi) is 2.11. The number of aromatic nitrogens is 2. The topological polar surface area (TPSA) is 31.6 Å². The summed E-state index contributed by atoms with van der Waals surface area (Å²) in [7, 11) is 0. The number of aryl methyl sites for hydroxylation is 1. The van der Waals surface area contributed by atoms with Gasteiger partial charge in [-0.05, 0) is 36.8 Å². The van der Waals surface area contributed by atoms with Crippen LogP contribution in [-0.2, 0) is 6.18 Å². The summed E-state index contributed by atoms with van der Waals surface area (Å²) in [5, 5.41) is 0. The predicted molar refractivity (Wildman–Crippen MR) is 53.2 cm³/mol. The first-order chi connectivity index (χ1) is 6.89. The van der Waals surface area contributed by atoms with Gasteiger partial charge >= 0.3 is 6.18 Å². The average molecular weight is 232 g/mol. The molecule has 1 heterocycles. The molecule has 0 saturated heterocycles. The van der Waals surface area contributed by atoms with Crippen molar-refractivity contribution in [1.29, 1.82) is 0 Å². The molecule has 2 aromatic rings. The third-order valence-electron chi connectivity index (χ3n) is 2.26. The molecular formula is C9H7F3N2S. The van der Waals surface area contributed by atoms with Crippen LogP contribution in [0.4, 0.5) is 13.2 Å². The van der Waals surface area contributed by atoms with Gasteiger partial charge in [-0.25, -0.2) is 0 Å². The van der Waals surface area contributed by atoms with Crippen molar-refractivity contribution in [3.05, 3.63) is 28.0 Å². The Morgan fingerprint density at radius 3 is 2.47 bits per heavy atom. The highest BCUT2D eigenvalue weighted by Crippen LogP contribution is 2.34. The maximum Gasteiger partial charge on any atom is 0.416 e. The van der Waals surface area contributed by atoms with Crippen molar-refractivity contribution in [3.63, 3.8) is 0 Å². The van der Waals surface area contributed by atoms with E-state index in [9.17, 15) is 13.2 Å². The zero-order valence-electron chi connectivity index (χ0n) is 7.70. The van der Waals surface area contributed by atoms with Crippen molar-refractivity contribution >= 4 is 23.3 Å². The molecule has 6 heteroatoms. The lowest BCUT2D eigenvalue weighted by Crippen LogP contribution is -2.07. The summed E-state index contributed by atoms with van der Waals surface area (Å²) in [6.45, 7) is 1.42. The number of rotatable bonds is 0. The molecule has 0 bridgehead atoms. The summed E-state index contributed by atoms with van der Waals surface area (Å²) in [6.07, 6.45) is -4.33. The van der Waals surface area contributed by atoms with Gasteiger partial charge in [-0.1, -0.05) is 0 Å². The van der Waals surface area contributed by atoms with E-state index in [1.165, 1.54) is 13.0 Å². The lowest BCUT2D eigenvalue weighted by atomic mass is 10.1. The fraction of sp³-hybridized carbons (Fsp3) is 0.222. The molecule has 0 aliphatic heterocycles. The number of benzene rings is 1. The van der Waals surface area contributed by atoms with Crippen molar-refractivity contribution in [1.82, 2.24) is 9.97 Å². The number of aromatic amines is 2. The highest BCUT2D eigenvalue weighted by atomic mass is 32.1. The molecule has 1 aromatic carbocycles. The maximum atomic E-state index is 12.5. The zero-order valence-corrected chi connectivity index (χ0v) is 8.51. The Balaban J connectivity index is 2.81. The molecule has 0 aliphatic carbocycles. The predicted octanol–water partition coefficient (Wildman–Crippen LogP) is 3.55. The minimum atomic E-state index is -4.33. The quantitative estimate of drug-likeness (QED) is 0.669. The van der Waals surface area contributed by atoms with E-state index in [0.717, 1.165) is 6.07 Å². The molecule has 2 N–H and O–H groups in total. The number of fused-ring (bicyclic) bond motifs is 1. The molecule has 2 rings (SSSR count). The molecule has 80 valence electrons. The van der Waals surface area contributed by atoms with E-state index in [4.69, 9.17) is 12.2 Å². The molecule has 0 spiro atoms. The number of H-pyrrole nitrogens is 2. The van der Waals surface area contributed by atoms with Gasteiger partial charge in [-0.15, -0.1) is 0 Å². The van der Waals surface area contributed by atoms with Gasteiger partial charge in [0.25, 0.3) is 0 Å². The van der Waals surface area contributed by atoms with E-state index in [1.54, 1.807) is 0 Å². The van der Waals surface area contributed by atoms with Gasteiger partial charge in [-0.3, -0.25) is 0 Å². The van der Waals surface area contributed by atoms with E-state index in [1.807, 2.05) is 0 Å². The molecular weight excluding hydrogens is 225 g/mol. The molecule has 15 heavy (non-hydrogen) atoms. The van der Waals surface area contributed by atoms with Gasteiger partial charge in [0, 0.05) is 0 Å². The van der Waals surface area contributed by atoms with Crippen LogP contribution in [0.1, 0.15) is 11.1 Å². The first kappa shape index (κ1) is 10.2. The fourth-order valence-electron chi connectivity index (χ4n) is 1.55. The monoisotopic (exact) mass is 232 g/mol. The molecule has 0 atom stereocenters. The SMILES string of the molecule is Cc1c(C(F)(F)F)ccc2[nH]c(=S)[nH]c12. The standard InChI is InChI=1S/C9H7F3N2S/c1-4-5(9(10,11)12)2-3-6-7(4)14-8(15)13-6/h2-3H,1H3,(H2,13,14,15). The molecule has 0 amide bonds. The van der Waals surface area contributed by atoms with Crippen LogP contribution in [0.25, 0.3) is 11.0 Å². The van der Waals surface area contributed by atoms with Crippen LogP contribution >= 0.6 is 12.2 Å². The maximum absolute atomic E-state index is 12.5. The zero-order chi connectivity index (χ0) is 11.2. The molecule has 0 unspecified atom stereocenters. The first-order valence-corrected chi connectivity index (χ1v) is 4.59. The van der Waals surface area contributed by atoms with Gasteiger partial charge in [0.05, 0.1) is 16.6 Å². The van der Waals surface area contributed by atoms with Crippen LogP contribution in [-0.4, -0.2) is 9.97 Å². The Bertz CT molecular complexity index is 565. The van der Waals surface area contributed by atoms with Crippen molar-refractivity contribution in [2.75, 3.05) is 0 Å². The molecule has 1 aromatic heterocycles. The van der Waals surface area contributed by atoms with Crippen LogP contribution in [0.2, 0.25) is 0 Å². The van der Waals surface area contributed by atoms with Crippen molar-refractivity contribution in [2.45, 2.75) is 13.1 Å². The van der Waals surface area contributed by atoms with E-state index in [0.29, 0.717) is 15.8 Å². The van der Waals surface area contributed by atoms with E-state index >= 15 is 0 Å². The summed E-state index contributed by atoms with van der Waals surface area (Å²) in [5.41, 5.74) is 0.521. The second kappa shape index (κ2) is 3.10. The van der Waals surface area contributed by atoms with Gasteiger partial charge in [0.15, 0.2) is 4.77 Å². The Morgan fingerprint density at radius 2 is 1.87 bits per heavy atom. The Hall–Kier alpha value is -1.30. The first-order valence-electron chi connectivity index (χ1n) is 4.18. The molecule has 0 saturated carbocycles. The number of nitrogens with one attached hydrogen (secondary N) is 2. The summed E-state index contributed by atoms with van der Waals surface area (Å²) in [6, 6.07) is 2.42. The van der Waals surface area contributed by atoms with E-state index in [2.05, 4.69) is 9.97 Å². The lowest BCUT2D eigenvalue weighted by molar-refractivity contribution is -0.137. The molecule has 2 nitrogen and oxygen atoms in total. The van der Waals surface area contributed by atoms with Crippen LogP contribution in [0.3, 0.4) is 0 Å². The van der Waals surface area contributed by atoms with Gasteiger partial charge < -0.3 is 9.97 Å². The molecule has 0 fully saturated rings. The smallest absolute Gasteiger partial charge is 0.331 e. The van der Waals surface area contributed by atoms with Crippen LogP contribution < -0.4 is 0 Å². The highest BCUT2D eigenvalue weighted by molar-refractivity contribution is 7.71. The highest BCUT2D eigenvalue weighted by Gasteiger charge is 2.32. The van der Waals surface area contributed by atoms with Gasteiger partial charge in [0.1, 0.15) is 0 Å². The average Bonchev–Trinajstić information content (AvgIpc) is 2.44. The summed E-state index contributed by atoms with van der Waals surface area (Å²) in [4.78, 5) is 5.47. The van der Waals surface area contributed by atoms with E-state index in [-0.39, 0.29) is 5.56 Å². The minimum absolute atomic E-state index is 0.160. The third-order valence-corrected chi connectivity index (χ3v) is 2.46. The third kappa shape index (κ3) is 1.65. The number of hydrogen-bond donors (Lipinski definition) is 2. The number of halogens is 3. The Labute approximate surface area is 88.1 Å².